The van der Waals surface area contributed by atoms with Gasteiger partial charge in [0.05, 0.1) is 0 Å². The predicted molar refractivity (Wildman–Crippen MR) is 51.1 cm³/mol. The lowest BCUT2D eigenvalue weighted by molar-refractivity contribution is -0.115. The molecule has 0 spiro atoms. The Morgan fingerprint density at radius 3 is 2.60 bits per heavy atom. The third-order valence-electron chi connectivity index (χ3n) is 1.88. The average Bonchev–Trinajstić information content (AvgIpc) is 2.45. The molecule has 0 unspecified atom stereocenters. The Kier molecular flexibility index (Phi) is 2.21. The molecule has 0 bridgehead atoms. The van der Waals surface area contributed by atoms with Gasteiger partial charge in [0.25, 0.3) is 5.91 Å². The van der Waals surface area contributed by atoms with E-state index in [-0.39, 0.29) is 5.70 Å². The molecule has 0 radical (unpaired) electrons. The maximum absolute atomic E-state index is 12.8. The molecule has 1 aromatic carbocycles. The fraction of sp³-hybridized carbons (Fsp3) is 0. The lowest BCUT2D eigenvalue weighted by atomic mass is 10.2. The van der Waals surface area contributed by atoms with Crippen LogP contribution in [0, 0.1) is 5.82 Å². The van der Waals surface area contributed by atoms with Crippen LogP contribution in [0.1, 0.15) is 5.56 Å². The van der Waals surface area contributed by atoms with Crippen molar-refractivity contribution in [3.05, 3.63) is 41.3 Å². The van der Waals surface area contributed by atoms with Gasteiger partial charge in [-0.3, -0.25) is 10.1 Å². The van der Waals surface area contributed by atoms with Crippen molar-refractivity contribution in [3.63, 3.8) is 0 Å². The topological polar surface area (TPSA) is 58.2 Å². The number of carbonyl (C=O) groups excluding carboxylic acids is 2. The summed E-state index contributed by atoms with van der Waals surface area (Å²) in [7, 11) is 0. The van der Waals surface area contributed by atoms with Crippen molar-refractivity contribution >= 4 is 18.0 Å². The number of benzene rings is 1. The molecule has 0 atom stereocenters. The van der Waals surface area contributed by atoms with Crippen LogP contribution in [-0.2, 0) is 4.79 Å². The molecule has 1 heterocycles. The second kappa shape index (κ2) is 3.53. The Morgan fingerprint density at radius 1 is 1.20 bits per heavy atom. The first-order chi connectivity index (χ1) is 7.15. The molecule has 1 fully saturated rings. The quantitative estimate of drug-likeness (QED) is 0.532. The van der Waals surface area contributed by atoms with Crippen LogP contribution in [0.5, 0.6) is 0 Å². The molecule has 0 saturated carbocycles. The molecule has 2 rings (SSSR count). The summed E-state index contributed by atoms with van der Waals surface area (Å²) in [5.74, 6) is -0.904. The predicted octanol–water partition coefficient (Wildman–Crippen LogP) is 1.01. The molecule has 0 aliphatic carbocycles. The van der Waals surface area contributed by atoms with Crippen LogP contribution < -0.4 is 10.6 Å². The summed E-state index contributed by atoms with van der Waals surface area (Å²) in [5, 5.41) is 4.36. The van der Waals surface area contributed by atoms with Crippen LogP contribution in [-0.4, -0.2) is 11.9 Å². The molecule has 15 heavy (non-hydrogen) atoms. The molecule has 1 saturated heterocycles. The molecule has 3 amide bonds. The monoisotopic (exact) mass is 206 g/mol. The van der Waals surface area contributed by atoms with Gasteiger partial charge in [0.1, 0.15) is 11.5 Å². The van der Waals surface area contributed by atoms with E-state index in [0.29, 0.717) is 5.56 Å². The molecule has 76 valence electrons. The summed E-state index contributed by atoms with van der Waals surface area (Å²) >= 11 is 0. The van der Waals surface area contributed by atoms with Gasteiger partial charge < -0.3 is 5.32 Å². The Hall–Kier alpha value is -2.17. The highest BCUT2D eigenvalue weighted by Gasteiger charge is 2.22. The number of urea groups is 1. The molecule has 2 N–H and O–H groups in total. The second-order valence-electron chi connectivity index (χ2n) is 3.02. The summed E-state index contributed by atoms with van der Waals surface area (Å²) < 4.78 is 12.8. The standard InChI is InChI=1S/C10H7FN2O2/c11-7-3-1-2-6(4-7)5-8-9(14)13-10(15)12-8/h1-5H,(H2,12,13,14,15)/b8-5-. The Balaban J connectivity index is 2.31. The average molecular weight is 206 g/mol. The van der Waals surface area contributed by atoms with E-state index in [9.17, 15) is 14.0 Å². The maximum atomic E-state index is 12.8. The van der Waals surface area contributed by atoms with Crippen molar-refractivity contribution in [3.8, 4) is 0 Å². The SMILES string of the molecule is O=C1NC(=O)/C(=C/c2cccc(F)c2)N1. The minimum Gasteiger partial charge on any atom is -0.303 e. The molecular formula is C10H7FN2O2. The summed E-state index contributed by atoms with van der Waals surface area (Å²) in [6.07, 6.45) is 1.41. The normalized spacial score (nSPS) is 17.8. The molecule has 1 aromatic rings. The number of carbonyl (C=O) groups is 2. The lowest BCUT2D eigenvalue weighted by Gasteiger charge is -1.95. The number of imide groups is 1. The smallest absolute Gasteiger partial charge is 0.303 e. The van der Waals surface area contributed by atoms with Gasteiger partial charge in [-0.25, -0.2) is 9.18 Å². The first-order valence-electron chi connectivity index (χ1n) is 4.25. The van der Waals surface area contributed by atoms with Gasteiger partial charge in [-0.1, -0.05) is 12.1 Å². The number of rotatable bonds is 1. The number of hydrogen-bond acceptors (Lipinski definition) is 2. The lowest BCUT2D eigenvalue weighted by Crippen LogP contribution is -2.22. The zero-order valence-corrected chi connectivity index (χ0v) is 7.58. The highest BCUT2D eigenvalue weighted by molar-refractivity contribution is 6.13. The summed E-state index contributed by atoms with van der Waals surface area (Å²) in [4.78, 5) is 21.9. The summed E-state index contributed by atoms with van der Waals surface area (Å²) in [5.41, 5.74) is 0.632. The third kappa shape index (κ3) is 2.01. The number of halogens is 1. The van der Waals surface area contributed by atoms with Gasteiger partial charge in [0, 0.05) is 0 Å². The van der Waals surface area contributed by atoms with Crippen molar-refractivity contribution in [1.29, 1.82) is 0 Å². The van der Waals surface area contributed by atoms with Gasteiger partial charge in [-0.05, 0) is 23.8 Å². The van der Waals surface area contributed by atoms with E-state index in [1.165, 1.54) is 24.3 Å². The minimum atomic E-state index is -0.567. The molecule has 1 aliphatic heterocycles. The van der Waals surface area contributed by atoms with Crippen LogP contribution in [0.3, 0.4) is 0 Å². The van der Waals surface area contributed by atoms with E-state index in [2.05, 4.69) is 10.6 Å². The van der Waals surface area contributed by atoms with E-state index in [1.54, 1.807) is 6.07 Å². The molecule has 5 heteroatoms. The van der Waals surface area contributed by atoms with Crippen LogP contribution in [0.2, 0.25) is 0 Å². The molecule has 1 aliphatic rings. The largest absolute Gasteiger partial charge is 0.326 e. The first-order valence-corrected chi connectivity index (χ1v) is 4.25. The molecule has 0 aromatic heterocycles. The van der Waals surface area contributed by atoms with Crippen molar-refractivity contribution < 1.29 is 14.0 Å². The van der Waals surface area contributed by atoms with Crippen LogP contribution >= 0.6 is 0 Å². The van der Waals surface area contributed by atoms with Crippen LogP contribution in [0.15, 0.2) is 30.0 Å². The van der Waals surface area contributed by atoms with E-state index >= 15 is 0 Å². The van der Waals surface area contributed by atoms with Crippen molar-refractivity contribution in [1.82, 2.24) is 10.6 Å². The van der Waals surface area contributed by atoms with Gasteiger partial charge in [0.15, 0.2) is 0 Å². The summed E-state index contributed by atoms with van der Waals surface area (Å²) in [6.45, 7) is 0. The first kappa shape index (κ1) is 9.39. The molecular weight excluding hydrogens is 199 g/mol. The van der Waals surface area contributed by atoms with Crippen molar-refractivity contribution in [2.75, 3.05) is 0 Å². The summed E-state index contributed by atoms with van der Waals surface area (Å²) in [6, 6.07) is 5.16. The fourth-order valence-electron chi connectivity index (χ4n) is 1.25. The zero-order valence-electron chi connectivity index (χ0n) is 7.58. The van der Waals surface area contributed by atoms with Gasteiger partial charge in [-0.15, -0.1) is 0 Å². The van der Waals surface area contributed by atoms with Gasteiger partial charge in [0.2, 0.25) is 0 Å². The Morgan fingerprint density at radius 2 is 2.00 bits per heavy atom. The Bertz CT molecular complexity index is 468. The van der Waals surface area contributed by atoms with E-state index in [1.807, 2.05) is 0 Å². The highest BCUT2D eigenvalue weighted by Crippen LogP contribution is 2.09. The highest BCUT2D eigenvalue weighted by atomic mass is 19.1. The third-order valence-corrected chi connectivity index (χ3v) is 1.88. The van der Waals surface area contributed by atoms with E-state index in [4.69, 9.17) is 0 Å². The van der Waals surface area contributed by atoms with Gasteiger partial charge in [-0.2, -0.15) is 0 Å². The van der Waals surface area contributed by atoms with Crippen molar-refractivity contribution in [2.45, 2.75) is 0 Å². The van der Waals surface area contributed by atoms with Crippen molar-refractivity contribution in [2.24, 2.45) is 0 Å². The number of amides is 3. The zero-order chi connectivity index (χ0) is 10.8. The maximum Gasteiger partial charge on any atom is 0.326 e. The van der Waals surface area contributed by atoms with E-state index in [0.717, 1.165) is 0 Å². The van der Waals surface area contributed by atoms with Crippen LogP contribution in [0.4, 0.5) is 9.18 Å². The number of hydrogen-bond donors (Lipinski definition) is 2. The second-order valence-corrected chi connectivity index (χ2v) is 3.02. The van der Waals surface area contributed by atoms with Crippen LogP contribution in [0.25, 0.3) is 6.08 Å². The number of nitrogens with one attached hydrogen (secondary N) is 2. The fourth-order valence-corrected chi connectivity index (χ4v) is 1.25. The molecule has 4 nitrogen and oxygen atoms in total. The Labute approximate surface area is 84.8 Å². The van der Waals surface area contributed by atoms with E-state index < -0.39 is 17.8 Å². The van der Waals surface area contributed by atoms with Gasteiger partial charge >= 0.3 is 6.03 Å². The minimum absolute atomic E-state index is 0.116.